The first-order chi connectivity index (χ1) is 11.7. The van der Waals surface area contributed by atoms with Crippen molar-refractivity contribution in [1.82, 2.24) is 10.2 Å². The molecule has 0 spiro atoms. The summed E-state index contributed by atoms with van der Waals surface area (Å²) in [5.74, 6) is 1.17. The van der Waals surface area contributed by atoms with E-state index in [0.717, 1.165) is 26.2 Å². The first kappa shape index (κ1) is 14.7. The second kappa shape index (κ2) is 5.65. The molecule has 0 amide bonds. The lowest BCUT2D eigenvalue weighted by atomic mass is 10.1. The number of aromatic nitrogens is 2. The van der Waals surface area contributed by atoms with Gasteiger partial charge in [-0.1, -0.05) is 18.2 Å². The fourth-order valence-electron chi connectivity index (χ4n) is 2.78. The molecule has 2 heterocycles. The lowest BCUT2D eigenvalue weighted by molar-refractivity contribution is 0.398. The number of hydrogen-bond acceptors (Lipinski definition) is 5. The fourth-order valence-corrected chi connectivity index (χ4v) is 3.91. The van der Waals surface area contributed by atoms with Crippen LogP contribution >= 0.6 is 11.3 Å². The van der Waals surface area contributed by atoms with Crippen molar-refractivity contribution in [1.29, 1.82) is 0 Å². The number of rotatable bonds is 3. The monoisotopic (exact) mass is 338 g/mol. The van der Waals surface area contributed by atoms with Gasteiger partial charge in [0, 0.05) is 22.2 Å². The van der Waals surface area contributed by atoms with E-state index in [1.54, 1.807) is 26.4 Å². The Kier molecular flexibility index (Phi) is 3.46. The summed E-state index contributed by atoms with van der Waals surface area (Å²) in [6.45, 7) is 0. The number of hydrogen-bond donors (Lipinski definition) is 1. The molecule has 6 heteroatoms. The number of benzene rings is 2. The molecule has 0 aliphatic rings. The maximum atomic E-state index is 12.7. The number of H-pyrrole nitrogens is 1. The minimum Gasteiger partial charge on any atom is -0.497 e. The van der Waals surface area contributed by atoms with Crippen molar-refractivity contribution >= 4 is 32.3 Å². The third-order valence-electron chi connectivity index (χ3n) is 3.93. The van der Waals surface area contributed by atoms with Gasteiger partial charge in [0.1, 0.15) is 17.2 Å². The van der Waals surface area contributed by atoms with E-state index in [2.05, 4.69) is 10.2 Å². The van der Waals surface area contributed by atoms with E-state index >= 15 is 0 Å². The van der Waals surface area contributed by atoms with Gasteiger partial charge in [-0.2, -0.15) is 5.10 Å². The van der Waals surface area contributed by atoms with Gasteiger partial charge < -0.3 is 9.47 Å². The molecule has 5 nitrogen and oxygen atoms in total. The molecular formula is C18H14N2O3S. The molecule has 0 aliphatic carbocycles. The van der Waals surface area contributed by atoms with Gasteiger partial charge in [-0.05, 0) is 12.1 Å². The summed E-state index contributed by atoms with van der Waals surface area (Å²) >= 11 is 1.49. The predicted octanol–water partition coefficient (Wildman–Crippen LogP) is 3.82. The summed E-state index contributed by atoms with van der Waals surface area (Å²) in [4.78, 5) is 13.5. The normalized spacial score (nSPS) is 11.1. The SMILES string of the molecule is COc1cc(OC)c2c(=O)cc(-c3n[nH]c4ccccc34)sc2c1. The predicted molar refractivity (Wildman–Crippen MR) is 96.3 cm³/mol. The van der Waals surface area contributed by atoms with E-state index in [1.165, 1.54) is 11.3 Å². The summed E-state index contributed by atoms with van der Waals surface area (Å²) < 4.78 is 11.5. The van der Waals surface area contributed by atoms with Gasteiger partial charge in [0.25, 0.3) is 0 Å². The summed E-state index contributed by atoms with van der Waals surface area (Å²) in [6.07, 6.45) is 0. The molecule has 0 fully saturated rings. The van der Waals surface area contributed by atoms with Gasteiger partial charge in [-0.3, -0.25) is 9.89 Å². The second-order valence-corrected chi connectivity index (χ2v) is 6.38. The van der Waals surface area contributed by atoms with Crippen LogP contribution < -0.4 is 14.9 Å². The summed E-state index contributed by atoms with van der Waals surface area (Å²) in [6, 6.07) is 13.0. The number of aromatic amines is 1. The number of ether oxygens (including phenoxy) is 2. The van der Waals surface area contributed by atoms with Crippen LogP contribution in [-0.2, 0) is 0 Å². The number of para-hydroxylation sites is 1. The van der Waals surface area contributed by atoms with Crippen molar-refractivity contribution in [3.63, 3.8) is 0 Å². The van der Waals surface area contributed by atoms with Crippen LogP contribution in [0.1, 0.15) is 0 Å². The lowest BCUT2D eigenvalue weighted by Crippen LogP contribution is -2.02. The van der Waals surface area contributed by atoms with Crippen LogP contribution in [-0.4, -0.2) is 24.4 Å². The van der Waals surface area contributed by atoms with Crippen LogP contribution in [0, 0.1) is 0 Å². The standard InChI is InChI=1S/C18H14N2O3S/c1-22-10-7-14(23-2)17-13(21)9-16(24-15(17)8-10)18-11-5-3-4-6-12(11)19-20-18/h3-9H,1-2H3,(H,19,20). The Morgan fingerprint density at radius 2 is 1.92 bits per heavy atom. The third kappa shape index (κ3) is 2.23. The Balaban J connectivity index is 2.03. The lowest BCUT2D eigenvalue weighted by Gasteiger charge is -2.08. The maximum Gasteiger partial charge on any atom is 0.192 e. The Morgan fingerprint density at radius 1 is 1.08 bits per heavy atom. The van der Waals surface area contributed by atoms with Gasteiger partial charge in [0.2, 0.25) is 0 Å². The molecule has 4 rings (SSSR count). The molecule has 2 aromatic heterocycles. The van der Waals surface area contributed by atoms with Gasteiger partial charge in [-0.25, -0.2) is 0 Å². The molecule has 0 radical (unpaired) electrons. The highest BCUT2D eigenvalue weighted by Gasteiger charge is 2.15. The molecule has 0 atom stereocenters. The van der Waals surface area contributed by atoms with Gasteiger partial charge in [0.15, 0.2) is 5.43 Å². The van der Waals surface area contributed by atoms with Crippen LogP contribution in [0.5, 0.6) is 11.5 Å². The highest BCUT2D eigenvalue weighted by molar-refractivity contribution is 7.21. The van der Waals surface area contributed by atoms with E-state index < -0.39 is 0 Å². The minimum absolute atomic E-state index is 0.0923. The van der Waals surface area contributed by atoms with E-state index in [-0.39, 0.29) is 5.43 Å². The average molecular weight is 338 g/mol. The van der Waals surface area contributed by atoms with Crippen molar-refractivity contribution in [3.8, 4) is 22.1 Å². The molecule has 0 unspecified atom stereocenters. The van der Waals surface area contributed by atoms with Crippen LogP contribution in [0.2, 0.25) is 0 Å². The molecule has 2 aromatic carbocycles. The van der Waals surface area contributed by atoms with Crippen LogP contribution in [0.3, 0.4) is 0 Å². The van der Waals surface area contributed by atoms with E-state index in [4.69, 9.17) is 9.47 Å². The highest BCUT2D eigenvalue weighted by Crippen LogP contribution is 2.36. The van der Waals surface area contributed by atoms with Crippen molar-refractivity contribution < 1.29 is 9.47 Å². The zero-order valence-electron chi connectivity index (χ0n) is 13.1. The van der Waals surface area contributed by atoms with Crippen LogP contribution in [0.25, 0.3) is 31.6 Å². The Morgan fingerprint density at radius 3 is 2.71 bits per heavy atom. The van der Waals surface area contributed by atoms with E-state index in [0.29, 0.717) is 16.9 Å². The molecule has 24 heavy (non-hydrogen) atoms. The fraction of sp³-hybridized carbons (Fsp3) is 0.111. The smallest absolute Gasteiger partial charge is 0.192 e. The first-order valence-corrected chi connectivity index (χ1v) is 8.16. The second-order valence-electron chi connectivity index (χ2n) is 5.30. The maximum absolute atomic E-state index is 12.7. The van der Waals surface area contributed by atoms with Gasteiger partial charge in [0.05, 0.1) is 30.0 Å². The van der Waals surface area contributed by atoms with Crippen molar-refractivity contribution in [3.05, 3.63) is 52.7 Å². The summed E-state index contributed by atoms with van der Waals surface area (Å²) in [7, 11) is 3.14. The molecule has 1 N–H and O–H groups in total. The number of fused-ring (bicyclic) bond motifs is 2. The summed E-state index contributed by atoms with van der Waals surface area (Å²) in [5, 5.41) is 8.94. The topological polar surface area (TPSA) is 64.2 Å². The van der Waals surface area contributed by atoms with Crippen LogP contribution in [0.4, 0.5) is 0 Å². The number of nitrogens with one attached hydrogen (secondary N) is 1. The zero-order chi connectivity index (χ0) is 16.7. The largest absolute Gasteiger partial charge is 0.497 e. The molecule has 0 saturated heterocycles. The van der Waals surface area contributed by atoms with Crippen molar-refractivity contribution in [2.24, 2.45) is 0 Å². The Hall–Kier alpha value is -2.86. The zero-order valence-corrected chi connectivity index (χ0v) is 13.9. The van der Waals surface area contributed by atoms with E-state index in [9.17, 15) is 4.79 Å². The molecule has 0 saturated carbocycles. The number of methoxy groups -OCH3 is 2. The van der Waals surface area contributed by atoms with E-state index in [1.807, 2.05) is 30.3 Å². The molecule has 0 bridgehead atoms. The summed E-state index contributed by atoms with van der Waals surface area (Å²) in [5.41, 5.74) is 1.62. The quantitative estimate of drug-likeness (QED) is 0.617. The van der Waals surface area contributed by atoms with Gasteiger partial charge >= 0.3 is 0 Å². The minimum atomic E-state index is -0.0923. The van der Waals surface area contributed by atoms with Crippen LogP contribution in [0.15, 0.2) is 47.3 Å². The third-order valence-corrected chi connectivity index (χ3v) is 5.00. The molecule has 120 valence electrons. The first-order valence-electron chi connectivity index (χ1n) is 7.34. The average Bonchev–Trinajstić information content (AvgIpc) is 3.04. The van der Waals surface area contributed by atoms with Gasteiger partial charge in [-0.15, -0.1) is 11.3 Å². The molecule has 0 aliphatic heterocycles. The molecular weight excluding hydrogens is 324 g/mol. The number of nitrogens with zero attached hydrogens (tertiary/aromatic N) is 1. The Labute approximate surface area is 141 Å². The molecule has 4 aromatic rings. The highest BCUT2D eigenvalue weighted by atomic mass is 32.1. The van der Waals surface area contributed by atoms with Crippen molar-refractivity contribution in [2.75, 3.05) is 14.2 Å². The Bertz CT molecular complexity index is 1110. The van der Waals surface area contributed by atoms with Crippen molar-refractivity contribution in [2.45, 2.75) is 0 Å².